The zero-order valence-corrected chi connectivity index (χ0v) is 22.7. The predicted molar refractivity (Wildman–Crippen MR) is 140 cm³/mol. The molecule has 1 atom stereocenters. The lowest BCUT2D eigenvalue weighted by atomic mass is 9.85. The van der Waals surface area contributed by atoms with Gasteiger partial charge in [-0.15, -0.1) is 0 Å². The molecule has 2 aromatic rings. The summed E-state index contributed by atoms with van der Waals surface area (Å²) < 4.78 is 19.8. The third-order valence-corrected chi connectivity index (χ3v) is 6.40. The van der Waals surface area contributed by atoms with Gasteiger partial charge in [0.15, 0.2) is 6.10 Å². The number of carbonyl (C=O) groups is 2. The van der Waals surface area contributed by atoms with Crippen molar-refractivity contribution >= 4 is 18.0 Å². The van der Waals surface area contributed by atoms with E-state index in [4.69, 9.17) is 4.74 Å². The van der Waals surface area contributed by atoms with E-state index in [1.54, 1.807) is 11.0 Å². The van der Waals surface area contributed by atoms with Crippen molar-refractivity contribution in [3.63, 3.8) is 0 Å². The highest BCUT2D eigenvalue weighted by atomic mass is 19.1. The predicted octanol–water partition coefficient (Wildman–Crippen LogP) is 6.99. The Hall–Kier alpha value is -2.99. The number of carboxylic acid groups (broad SMARTS) is 1. The standard InChI is InChI=1S/C30H38FNO4/c1-18-22(13-10-14-29(3,4)5)25(26(28(34)35)36-30(6,7)8)19(2)24-17-32(16-23(18)24)27(33)20-11-9-12-21(31)15-20/h9-13,15,26H,14,16-17H2,1-8H3,(H,34,35)/b13-10+/t26-/m0/s1. The molecule has 0 spiro atoms. The van der Waals surface area contributed by atoms with Crippen LogP contribution in [-0.2, 0) is 22.6 Å². The van der Waals surface area contributed by atoms with Crippen LogP contribution in [0.4, 0.5) is 4.39 Å². The molecule has 0 aromatic heterocycles. The fraction of sp³-hybridized carbons (Fsp3) is 0.467. The molecule has 0 unspecified atom stereocenters. The molecule has 1 amide bonds. The van der Waals surface area contributed by atoms with Gasteiger partial charge in [0.1, 0.15) is 5.82 Å². The highest BCUT2D eigenvalue weighted by Crippen LogP contribution is 2.40. The van der Waals surface area contributed by atoms with Gasteiger partial charge in [-0.3, -0.25) is 4.79 Å². The zero-order valence-electron chi connectivity index (χ0n) is 22.7. The van der Waals surface area contributed by atoms with Crippen molar-refractivity contribution in [3.05, 3.63) is 75.1 Å². The minimum atomic E-state index is -1.16. The molecule has 0 radical (unpaired) electrons. The van der Waals surface area contributed by atoms with Crippen LogP contribution in [0, 0.1) is 25.1 Å². The molecule has 0 saturated carbocycles. The van der Waals surface area contributed by atoms with Crippen LogP contribution in [0.5, 0.6) is 0 Å². The molecule has 0 saturated heterocycles. The van der Waals surface area contributed by atoms with E-state index in [-0.39, 0.29) is 11.3 Å². The molecule has 2 aromatic carbocycles. The van der Waals surface area contributed by atoms with E-state index < -0.39 is 23.5 Å². The molecule has 0 aliphatic carbocycles. The molecule has 0 bridgehead atoms. The maximum Gasteiger partial charge on any atom is 0.337 e. The molecule has 1 N–H and O–H groups in total. The summed E-state index contributed by atoms with van der Waals surface area (Å²) in [5.41, 5.74) is 4.85. The summed E-state index contributed by atoms with van der Waals surface area (Å²) >= 11 is 0. The average molecular weight is 496 g/mol. The van der Waals surface area contributed by atoms with Gasteiger partial charge in [0.2, 0.25) is 0 Å². The van der Waals surface area contributed by atoms with Gasteiger partial charge in [0, 0.05) is 24.2 Å². The number of carbonyl (C=O) groups excluding carboxylic acids is 1. The maximum atomic E-state index is 13.8. The highest BCUT2D eigenvalue weighted by molar-refractivity contribution is 5.94. The summed E-state index contributed by atoms with van der Waals surface area (Å²) in [6.45, 7) is 16.6. The normalized spacial score (nSPS) is 14.9. The van der Waals surface area contributed by atoms with Gasteiger partial charge in [-0.1, -0.05) is 39.0 Å². The second kappa shape index (κ2) is 10.2. The van der Waals surface area contributed by atoms with Crippen molar-refractivity contribution in [2.45, 2.75) is 86.6 Å². The van der Waals surface area contributed by atoms with Gasteiger partial charge in [-0.25, -0.2) is 9.18 Å². The molecule has 6 heteroatoms. The number of hydrogen-bond donors (Lipinski definition) is 1. The number of benzene rings is 2. The van der Waals surface area contributed by atoms with Crippen LogP contribution in [0.1, 0.15) is 97.8 Å². The summed E-state index contributed by atoms with van der Waals surface area (Å²) in [6.07, 6.45) is 3.75. The van der Waals surface area contributed by atoms with Crippen molar-refractivity contribution < 1.29 is 23.8 Å². The largest absolute Gasteiger partial charge is 0.479 e. The number of ether oxygens (including phenoxy) is 1. The van der Waals surface area contributed by atoms with Crippen molar-refractivity contribution in [2.24, 2.45) is 5.41 Å². The molecule has 5 nitrogen and oxygen atoms in total. The minimum absolute atomic E-state index is 0.0820. The Bertz CT molecular complexity index is 1200. The second-order valence-electron chi connectivity index (χ2n) is 11.8. The van der Waals surface area contributed by atoms with Gasteiger partial charge in [-0.05, 0) is 92.5 Å². The van der Waals surface area contributed by atoms with Gasteiger partial charge >= 0.3 is 5.97 Å². The molecule has 36 heavy (non-hydrogen) atoms. The number of allylic oxidation sites excluding steroid dienone is 1. The topological polar surface area (TPSA) is 66.8 Å². The number of aliphatic carboxylic acids is 1. The molecule has 1 aliphatic heterocycles. The third kappa shape index (κ3) is 6.22. The first-order valence-electron chi connectivity index (χ1n) is 12.4. The Morgan fingerprint density at radius 1 is 1.08 bits per heavy atom. The molecule has 1 heterocycles. The maximum absolute atomic E-state index is 13.8. The monoisotopic (exact) mass is 495 g/mol. The third-order valence-electron chi connectivity index (χ3n) is 6.40. The molecular formula is C30H38FNO4. The lowest BCUT2D eigenvalue weighted by Crippen LogP contribution is -2.29. The van der Waals surface area contributed by atoms with Crippen molar-refractivity contribution in [1.82, 2.24) is 4.90 Å². The number of carboxylic acids is 1. The van der Waals surface area contributed by atoms with E-state index in [0.717, 1.165) is 34.2 Å². The van der Waals surface area contributed by atoms with E-state index in [0.29, 0.717) is 24.2 Å². The number of nitrogens with zero attached hydrogens (tertiary/aromatic N) is 1. The SMILES string of the molecule is Cc1c(/C=C/CC(C)(C)C)c([C@H](OC(C)(C)C)C(=O)O)c(C)c2c1CN(C(=O)c1cccc(F)c1)C2. The summed E-state index contributed by atoms with van der Waals surface area (Å²) in [4.78, 5) is 27.4. The van der Waals surface area contributed by atoms with Gasteiger partial charge < -0.3 is 14.7 Å². The number of rotatable bonds is 6. The van der Waals surface area contributed by atoms with E-state index in [9.17, 15) is 19.1 Å². The quantitative estimate of drug-likeness (QED) is 0.469. The Morgan fingerprint density at radius 2 is 1.69 bits per heavy atom. The van der Waals surface area contributed by atoms with E-state index in [1.165, 1.54) is 18.2 Å². The average Bonchev–Trinajstić information content (AvgIpc) is 3.20. The summed E-state index contributed by atoms with van der Waals surface area (Å²) in [6, 6.07) is 5.69. The molecule has 3 rings (SSSR count). The fourth-order valence-corrected chi connectivity index (χ4v) is 4.66. The summed E-state index contributed by atoms with van der Waals surface area (Å²) in [5.74, 6) is -1.76. The Balaban J connectivity index is 2.14. The molecule has 194 valence electrons. The number of hydrogen-bond acceptors (Lipinski definition) is 3. The van der Waals surface area contributed by atoms with Crippen LogP contribution >= 0.6 is 0 Å². The van der Waals surface area contributed by atoms with Crippen LogP contribution in [0.2, 0.25) is 0 Å². The lowest BCUT2D eigenvalue weighted by molar-refractivity contribution is -0.160. The summed E-state index contributed by atoms with van der Waals surface area (Å²) in [5, 5.41) is 10.2. The van der Waals surface area contributed by atoms with Crippen LogP contribution < -0.4 is 0 Å². The first-order valence-corrected chi connectivity index (χ1v) is 12.4. The van der Waals surface area contributed by atoms with Crippen LogP contribution in [-0.4, -0.2) is 27.5 Å². The number of fused-ring (bicyclic) bond motifs is 1. The molecular weight excluding hydrogens is 457 g/mol. The van der Waals surface area contributed by atoms with E-state index >= 15 is 0 Å². The molecule has 0 fully saturated rings. The van der Waals surface area contributed by atoms with Crippen LogP contribution in [0.3, 0.4) is 0 Å². The Morgan fingerprint density at radius 3 is 2.22 bits per heavy atom. The van der Waals surface area contributed by atoms with Crippen molar-refractivity contribution in [2.75, 3.05) is 0 Å². The Kier molecular flexibility index (Phi) is 7.80. The van der Waals surface area contributed by atoms with Gasteiger partial charge in [0.25, 0.3) is 5.91 Å². The number of halogens is 1. The zero-order chi connectivity index (χ0) is 27.0. The smallest absolute Gasteiger partial charge is 0.337 e. The summed E-state index contributed by atoms with van der Waals surface area (Å²) in [7, 11) is 0. The van der Waals surface area contributed by atoms with Crippen molar-refractivity contribution in [3.8, 4) is 0 Å². The van der Waals surface area contributed by atoms with Crippen molar-refractivity contribution in [1.29, 1.82) is 0 Å². The van der Waals surface area contributed by atoms with Gasteiger partial charge in [0.05, 0.1) is 5.60 Å². The molecule has 1 aliphatic rings. The van der Waals surface area contributed by atoms with Crippen LogP contribution in [0.15, 0.2) is 30.3 Å². The Labute approximate surface area is 214 Å². The van der Waals surface area contributed by atoms with Crippen LogP contribution in [0.25, 0.3) is 6.08 Å². The first-order chi connectivity index (χ1) is 16.6. The first kappa shape index (κ1) is 27.6. The number of amides is 1. The lowest BCUT2D eigenvalue weighted by Gasteiger charge is -2.29. The van der Waals surface area contributed by atoms with E-state index in [1.807, 2.05) is 40.7 Å². The highest BCUT2D eigenvalue weighted by Gasteiger charge is 2.35. The van der Waals surface area contributed by atoms with E-state index in [2.05, 4.69) is 26.8 Å². The fourth-order valence-electron chi connectivity index (χ4n) is 4.66. The van der Waals surface area contributed by atoms with Gasteiger partial charge in [-0.2, -0.15) is 0 Å². The second-order valence-corrected chi connectivity index (χ2v) is 11.8. The minimum Gasteiger partial charge on any atom is -0.479 e.